The Hall–Kier alpha value is -1.68. The van der Waals surface area contributed by atoms with E-state index in [-0.39, 0.29) is 5.97 Å². The summed E-state index contributed by atoms with van der Waals surface area (Å²) >= 11 is 0. The highest BCUT2D eigenvalue weighted by atomic mass is 16.5. The molecule has 2 rings (SSSR count). The first-order valence-electron chi connectivity index (χ1n) is 6.22. The van der Waals surface area contributed by atoms with E-state index in [0.717, 1.165) is 25.0 Å². The Morgan fingerprint density at radius 2 is 2.44 bits per heavy atom. The van der Waals surface area contributed by atoms with E-state index in [9.17, 15) is 4.79 Å². The third-order valence-corrected chi connectivity index (χ3v) is 3.12. The van der Waals surface area contributed by atoms with Gasteiger partial charge in [0.15, 0.2) is 0 Å². The number of rotatable bonds is 4. The first kappa shape index (κ1) is 12.8. The molecule has 0 fully saturated rings. The number of carbonyl (C=O) groups excluding carboxylic acids is 1. The standard InChI is InChI=1S/C14H18N2O2/c1-18-14(17)12-8-5-9-15-13(12)10-16-11-6-3-2-4-7-11/h2-3,5,8-9,11,16H,4,6-7,10H2,1H3. The highest BCUT2D eigenvalue weighted by Gasteiger charge is 2.14. The van der Waals surface area contributed by atoms with Crippen molar-refractivity contribution in [2.45, 2.75) is 31.8 Å². The summed E-state index contributed by atoms with van der Waals surface area (Å²) < 4.78 is 4.75. The number of hydrogen-bond donors (Lipinski definition) is 1. The van der Waals surface area contributed by atoms with Gasteiger partial charge in [0, 0.05) is 18.8 Å². The van der Waals surface area contributed by atoms with Crippen molar-refractivity contribution < 1.29 is 9.53 Å². The van der Waals surface area contributed by atoms with E-state index in [2.05, 4.69) is 22.5 Å². The highest BCUT2D eigenvalue weighted by molar-refractivity contribution is 5.90. The summed E-state index contributed by atoms with van der Waals surface area (Å²) in [5.74, 6) is -0.330. The van der Waals surface area contributed by atoms with Crippen LogP contribution in [0.4, 0.5) is 0 Å². The van der Waals surface area contributed by atoms with Gasteiger partial charge in [0.05, 0.1) is 18.4 Å². The zero-order valence-electron chi connectivity index (χ0n) is 10.6. The fraction of sp³-hybridized carbons (Fsp3) is 0.429. The van der Waals surface area contributed by atoms with Crippen LogP contribution < -0.4 is 5.32 Å². The number of ether oxygens (including phenoxy) is 1. The summed E-state index contributed by atoms with van der Waals surface area (Å²) in [4.78, 5) is 15.8. The van der Waals surface area contributed by atoms with Crippen molar-refractivity contribution in [1.82, 2.24) is 10.3 Å². The van der Waals surface area contributed by atoms with Crippen LogP contribution in [-0.4, -0.2) is 24.1 Å². The van der Waals surface area contributed by atoms with Crippen LogP contribution in [0.5, 0.6) is 0 Å². The van der Waals surface area contributed by atoms with Crippen LogP contribution in [0.15, 0.2) is 30.5 Å². The van der Waals surface area contributed by atoms with Crippen molar-refractivity contribution in [3.63, 3.8) is 0 Å². The van der Waals surface area contributed by atoms with Gasteiger partial charge >= 0.3 is 5.97 Å². The van der Waals surface area contributed by atoms with E-state index in [1.807, 2.05) is 0 Å². The minimum absolute atomic E-state index is 0.330. The van der Waals surface area contributed by atoms with Gasteiger partial charge in [-0.25, -0.2) is 4.79 Å². The average molecular weight is 246 g/mol. The zero-order chi connectivity index (χ0) is 12.8. The SMILES string of the molecule is COC(=O)c1cccnc1CNC1CC=CCC1. The maximum absolute atomic E-state index is 11.6. The first-order valence-corrected chi connectivity index (χ1v) is 6.22. The lowest BCUT2D eigenvalue weighted by Gasteiger charge is -2.19. The molecule has 18 heavy (non-hydrogen) atoms. The second-order valence-corrected chi connectivity index (χ2v) is 4.35. The lowest BCUT2D eigenvalue weighted by molar-refractivity contribution is 0.0598. The van der Waals surface area contributed by atoms with Gasteiger partial charge in [-0.3, -0.25) is 4.98 Å². The van der Waals surface area contributed by atoms with Crippen LogP contribution in [0.3, 0.4) is 0 Å². The maximum atomic E-state index is 11.6. The smallest absolute Gasteiger partial charge is 0.339 e. The molecule has 0 radical (unpaired) electrons. The molecule has 4 heteroatoms. The summed E-state index contributed by atoms with van der Waals surface area (Å²) in [6.45, 7) is 0.601. The molecule has 0 amide bonds. The van der Waals surface area contributed by atoms with Gasteiger partial charge in [-0.05, 0) is 31.4 Å². The van der Waals surface area contributed by atoms with Crippen molar-refractivity contribution in [2.24, 2.45) is 0 Å². The van der Waals surface area contributed by atoms with Gasteiger partial charge in [-0.2, -0.15) is 0 Å². The van der Waals surface area contributed by atoms with Crippen molar-refractivity contribution in [3.05, 3.63) is 41.7 Å². The Bertz CT molecular complexity index is 443. The number of allylic oxidation sites excluding steroid dienone is 1. The Balaban J connectivity index is 2.00. The number of esters is 1. The fourth-order valence-electron chi connectivity index (χ4n) is 2.09. The van der Waals surface area contributed by atoms with Crippen LogP contribution in [0.1, 0.15) is 35.3 Å². The van der Waals surface area contributed by atoms with Crippen molar-refractivity contribution in [2.75, 3.05) is 7.11 Å². The molecule has 0 spiro atoms. The number of methoxy groups -OCH3 is 1. The van der Waals surface area contributed by atoms with Gasteiger partial charge in [-0.15, -0.1) is 0 Å². The van der Waals surface area contributed by atoms with Crippen molar-refractivity contribution >= 4 is 5.97 Å². The molecular formula is C14H18N2O2. The monoisotopic (exact) mass is 246 g/mol. The van der Waals surface area contributed by atoms with E-state index < -0.39 is 0 Å². The second-order valence-electron chi connectivity index (χ2n) is 4.35. The third-order valence-electron chi connectivity index (χ3n) is 3.12. The number of carbonyl (C=O) groups is 1. The normalized spacial score (nSPS) is 18.6. The van der Waals surface area contributed by atoms with Gasteiger partial charge in [-0.1, -0.05) is 12.2 Å². The largest absolute Gasteiger partial charge is 0.465 e. The molecule has 1 aromatic heterocycles. The molecule has 96 valence electrons. The zero-order valence-corrected chi connectivity index (χ0v) is 10.6. The van der Waals surface area contributed by atoms with Crippen LogP contribution in [0, 0.1) is 0 Å². The quantitative estimate of drug-likeness (QED) is 0.652. The fourth-order valence-corrected chi connectivity index (χ4v) is 2.09. The third kappa shape index (κ3) is 3.17. The molecule has 4 nitrogen and oxygen atoms in total. The van der Waals surface area contributed by atoms with Crippen LogP contribution in [0.2, 0.25) is 0 Å². The van der Waals surface area contributed by atoms with Crippen molar-refractivity contribution in [3.8, 4) is 0 Å². The van der Waals surface area contributed by atoms with Crippen LogP contribution in [0.25, 0.3) is 0 Å². The molecule has 1 N–H and O–H groups in total. The Kier molecular flexibility index (Phi) is 4.47. The minimum atomic E-state index is -0.330. The number of aromatic nitrogens is 1. The maximum Gasteiger partial charge on any atom is 0.339 e. The number of hydrogen-bond acceptors (Lipinski definition) is 4. The Morgan fingerprint density at radius 3 is 3.17 bits per heavy atom. The molecule has 1 unspecified atom stereocenters. The van der Waals surface area contributed by atoms with E-state index >= 15 is 0 Å². The van der Waals surface area contributed by atoms with Crippen LogP contribution >= 0.6 is 0 Å². The number of pyridine rings is 1. The predicted molar refractivity (Wildman–Crippen MR) is 69.2 cm³/mol. The van der Waals surface area contributed by atoms with Gasteiger partial charge in [0.2, 0.25) is 0 Å². The van der Waals surface area contributed by atoms with E-state index in [4.69, 9.17) is 4.74 Å². The molecule has 1 aliphatic rings. The number of nitrogens with one attached hydrogen (secondary N) is 1. The van der Waals surface area contributed by atoms with Gasteiger partial charge in [0.1, 0.15) is 0 Å². The van der Waals surface area contributed by atoms with Crippen LogP contribution in [-0.2, 0) is 11.3 Å². The second kappa shape index (κ2) is 6.31. The Labute approximate surface area is 107 Å². The van der Waals surface area contributed by atoms with E-state index in [0.29, 0.717) is 18.2 Å². The minimum Gasteiger partial charge on any atom is -0.465 e. The van der Waals surface area contributed by atoms with E-state index in [1.165, 1.54) is 7.11 Å². The first-order chi connectivity index (χ1) is 8.81. The summed E-state index contributed by atoms with van der Waals surface area (Å²) in [5, 5.41) is 3.44. The molecule has 1 aromatic rings. The summed E-state index contributed by atoms with van der Waals surface area (Å²) in [7, 11) is 1.39. The van der Waals surface area contributed by atoms with Gasteiger partial charge < -0.3 is 10.1 Å². The molecule has 0 bridgehead atoms. The molecule has 0 aromatic carbocycles. The van der Waals surface area contributed by atoms with Gasteiger partial charge in [0.25, 0.3) is 0 Å². The summed E-state index contributed by atoms with van der Waals surface area (Å²) in [5.41, 5.74) is 1.29. The lowest BCUT2D eigenvalue weighted by Crippen LogP contribution is -2.30. The molecule has 0 aliphatic heterocycles. The molecular weight excluding hydrogens is 228 g/mol. The Morgan fingerprint density at radius 1 is 1.56 bits per heavy atom. The molecule has 0 saturated heterocycles. The topological polar surface area (TPSA) is 51.2 Å². The molecule has 1 aliphatic carbocycles. The molecule has 0 saturated carbocycles. The molecule has 1 atom stereocenters. The van der Waals surface area contributed by atoms with Crippen molar-refractivity contribution in [1.29, 1.82) is 0 Å². The summed E-state index contributed by atoms with van der Waals surface area (Å²) in [6, 6.07) is 3.97. The lowest BCUT2D eigenvalue weighted by atomic mass is 10.0. The van der Waals surface area contributed by atoms with E-state index in [1.54, 1.807) is 18.3 Å². The predicted octanol–water partition coefficient (Wildman–Crippen LogP) is 2.07. The number of nitrogens with zero attached hydrogens (tertiary/aromatic N) is 1. The highest BCUT2D eigenvalue weighted by Crippen LogP contribution is 2.12. The molecule has 1 heterocycles. The summed E-state index contributed by atoms with van der Waals surface area (Å²) in [6.07, 6.45) is 9.39. The average Bonchev–Trinajstić information content (AvgIpc) is 2.45.